The summed E-state index contributed by atoms with van der Waals surface area (Å²) in [5.41, 5.74) is 1.82. The third kappa shape index (κ3) is 4.43. The van der Waals surface area contributed by atoms with Crippen LogP contribution in [-0.4, -0.2) is 46.9 Å². The van der Waals surface area contributed by atoms with Gasteiger partial charge in [-0.2, -0.15) is 4.31 Å². The molecule has 0 spiro atoms. The van der Waals surface area contributed by atoms with E-state index in [0.717, 1.165) is 5.52 Å². The van der Waals surface area contributed by atoms with E-state index >= 15 is 0 Å². The highest BCUT2D eigenvalue weighted by Crippen LogP contribution is 2.27. The molecule has 0 fully saturated rings. The number of hydrogen-bond acceptors (Lipinski definition) is 5. The fraction of sp³-hybridized carbons (Fsp3) is 0.333. The molecule has 3 aromatic rings. The van der Waals surface area contributed by atoms with Crippen LogP contribution >= 0.6 is 11.8 Å². The van der Waals surface area contributed by atoms with E-state index in [2.05, 4.69) is 4.98 Å². The lowest BCUT2D eigenvalue weighted by atomic mass is 10.1. The Hall–Kier alpha value is -2.23. The summed E-state index contributed by atoms with van der Waals surface area (Å²) in [6.07, 6.45) is 0. The van der Waals surface area contributed by atoms with Crippen molar-refractivity contribution in [1.29, 1.82) is 0 Å². The molecule has 1 heterocycles. The molecule has 0 aliphatic rings. The molecule has 0 amide bonds. The molecule has 0 saturated carbocycles. The minimum Gasteiger partial charge on any atom is -0.319 e. The van der Waals surface area contributed by atoms with Gasteiger partial charge in [0, 0.05) is 25.2 Å². The Bertz CT molecular complexity index is 1150. The normalized spacial score (nSPS) is 12.0. The van der Waals surface area contributed by atoms with E-state index in [9.17, 15) is 17.6 Å². The number of hydrogen-bond donors (Lipinski definition) is 0. The number of nitrogens with zero attached hydrogens (tertiary/aromatic N) is 3. The number of aromatic nitrogens is 2. The van der Waals surface area contributed by atoms with E-state index in [1.54, 1.807) is 32.0 Å². The molecule has 2 aromatic carbocycles. The van der Waals surface area contributed by atoms with Crippen molar-refractivity contribution < 1.29 is 17.6 Å². The van der Waals surface area contributed by atoms with Crippen LogP contribution in [0.25, 0.3) is 11.0 Å². The predicted molar refractivity (Wildman–Crippen MR) is 117 cm³/mol. The van der Waals surface area contributed by atoms with Gasteiger partial charge in [0.15, 0.2) is 10.9 Å². The molecule has 3 rings (SSSR count). The molecule has 0 atom stereocenters. The van der Waals surface area contributed by atoms with E-state index in [4.69, 9.17) is 0 Å². The number of fused-ring (bicyclic) bond motifs is 1. The lowest BCUT2D eigenvalue weighted by Gasteiger charge is -2.18. The number of rotatable bonds is 9. The molecule has 0 unspecified atom stereocenters. The van der Waals surface area contributed by atoms with Crippen LogP contribution in [0, 0.1) is 5.82 Å². The second kappa shape index (κ2) is 9.28. The van der Waals surface area contributed by atoms with Gasteiger partial charge in [0.2, 0.25) is 10.0 Å². The van der Waals surface area contributed by atoms with Gasteiger partial charge in [0.05, 0.1) is 21.7 Å². The summed E-state index contributed by atoms with van der Waals surface area (Å²) in [6.45, 7) is 7.00. The molecule has 30 heavy (non-hydrogen) atoms. The van der Waals surface area contributed by atoms with Crippen molar-refractivity contribution >= 4 is 38.6 Å². The zero-order valence-corrected chi connectivity index (χ0v) is 18.8. The van der Waals surface area contributed by atoms with Gasteiger partial charge in [-0.15, -0.1) is 0 Å². The van der Waals surface area contributed by atoms with Crippen LogP contribution in [0.15, 0.2) is 52.5 Å². The highest BCUT2D eigenvalue weighted by atomic mass is 32.2. The molecule has 0 saturated heterocycles. The minimum atomic E-state index is -3.58. The van der Waals surface area contributed by atoms with Crippen molar-refractivity contribution in [1.82, 2.24) is 13.9 Å². The lowest BCUT2D eigenvalue weighted by molar-refractivity contribution is 0.102. The second-order valence-corrected chi connectivity index (χ2v) is 9.48. The first-order valence-electron chi connectivity index (χ1n) is 9.73. The van der Waals surface area contributed by atoms with Gasteiger partial charge < -0.3 is 4.57 Å². The van der Waals surface area contributed by atoms with Gasteiger partial charge in [-0.1, -0.05) is 25.6 Å². The predicted octanol–water partition coefficient (Wildman–Crippen LogP) is 4.20. The van der Waals surface area contributed by atoms with Crippen LogP contribution in [0.4, 0.5) is 4.39 Å². The first-order chi connectivity index (χ1) is 14.3. The first kappa shape index (κ1) is 22.5. The molecule has 6 nitrogen and oxygen atoms in total. The van der Waals surface area contributed by atoms with E-state index in [1.165, 1.54) is 40.3 Å². The molecule has 0 aliphatic heterocycles. The van der Waals surface area contributed by atoms with Crippen LogP contribution in [-0.2, 0) is 16.6 Å². The topological polar surface area (TPSA) is 72.3 Å². The summed E-state index contributed by atoms with van der Waals surface area (Å²) in [6, 6.07) is 10.4. The number of Topliss-reactive ketones (excluding diaryl/α,β-unsaturated/α-hetero) is 1. The standard InChI is InChI=1S/C21H24FN3O3S2/c1-4-24(5-2)30(27,28)17-11-12-19-18(13-17)23-21(25(19)6-3)29-14-20(26)15-7-9-16(22)10-8-15/h7-13H,4-6,14H2,1-3H3. The number of benzene rings is 2. The van der Waals surface area contributed by atoms with E-state index in [1.807, 2.05) is 11.5 Å². The minimum absolute atomic E-state index is 0.125. The van der Waals surface area contributed by atoms with Crippen LogP contribution in [0.3, 0.4) is 0 Å². The third-order valence-electron chi connectivity index (χ3n) is 4.84. The van der Waals surface area contributed by atoms with Gasteiger partial charge >= 0.3 is 0 Å². The number of aryl methyl sites for hydroxylation is 1. The number of ketones is 1. The largest absolute Gasteiger partial charge is 0.319 e. The number of thioether (sulfide) groups is 1. The van der Waals surface area contributed by atoms with Crippen molar-refractivity contribution in [3.8, 4) is 0 Å². The summed E-state index contributed by atoms with van der Waals surface area (Å²) < 4.78 is 42.0. The quantitative estimate of drug-likeness (QED) is 0.362. The van der Waals surface area contributed by atoms with E-state index in [-0.39, 0.29) is 22.2 Å². The number of carbonyl (C=O) groups excluding carboxylic acids is 1. The van der Waals surface area contributed by atoms with Crippen LogP contribution in [0.5, 0.6) is 0 Å². The number of imidazole rings is 1. The zero-order chi connectivity index (χ0) is 21.9. The molecule has 1 aromatic heterocycles. The van der Waals surface area contributed by atoms with Gasteiger partial charge in [-0.25, -0.2) is 17.8 Å². The summed E-state index contributed by atoms with van der Waals surface area (Å²) >= 11 is 1.28. The van der Waals surface area contributed by atoms with Crippen molar-refractivity contribution in [2.75, 3.05) is 18.8 Å². The van der Waals surface area contributed by atoms with Crippen LogP contribution in [0.1, 0.15) is 31.1 Å². The average Bonchev–Trinajstić information content (AvgIpc) is 3.09. The Kier molecular flexibility index (Phi) is 6.95. The van der Waals surface area contributed by atoms with Gasteiger partial charge in [-0.05, 0) is 49.4 Å². The Morgan fingerprint density at radius 3 is 2.37 bits per heavy atom. The van der Waals surface area contributed by atoms with Crippen molar-refractivity contribution in [3.63, 3.8) is 0 Å². The SMILES string of the molecule is CCN(CC)S(=O)(=O)c1ccc2c(c1)nc(SCC(=O)c1ccc(F)cc1)n2CC. The molecule has 0 aliphatic carbocycles. The monoisotopic (exact) mass is 449 g/mol. The first-order valence-corrected chi connectivity index (χ1v) is 12.2. The molecular weight excluding hydrogens is 425 g/mol. The van der Waals surface area contributed by atoms with Crippen LogP contribution in [0.2, 0.25) is 0 Å². The molecular formula is C21H24FN3O3S2. The number of halogens is 1. The van der Waals surface area contributed by atoms with Crippen molar-refractivity contribution in [2.45, 2.75) is 37.4 Å². The summed E-state index contributed by atoms with van der Waals surface area (Å²) in [5, 5.41) is 0.639. The summed E-state index contributed by atoms with van der Waals surface area (Å²) in [4.78, 5) is 17.2. The average molecular weight is 450 g/mol. The molecule has 160 valence electrons. The van der Waals surface area contributed by atoms with E-state index in [0.29, 0.717) is 35.9 Å². The molecule has 0 N–H and O–H groups in total. The highest BCUT2D eigenvalue weighted by Gasteiger charge is 2.23. The Morgan fingerprint density at radius 2 is 1.77 bits per heavy atom. The fourth-order valence-corrected chi connectivity index (χ4v) is 5.68. The number of carbonyl (C=O) groups is 1. The van der Waals surface area contributed by atoms with E-state index < -0.39 is 10.0 Å². The fourth-order valence-electron chi connectivity index (χ4n) is 3.23. The molecule has 0 radical (unpaired) electrons. The van der Waals surface area contributed by atoms with Gasteiger partial charge in [0.1, 0.15) is 5.82 Å². The third-order valence-corrected chi connectivity index (χ3v) is 7.86. The maximum atomic E-state index is 13.1. The molecule has 9 heteroatoms. The lowest BCUT2D eigenvalue weighted by Crippen LogP contribution is -2.30. The molecule has 0 bridgehead atoms. The maximum Gasteiger partial charge on any atom is 0.243 e. The van der Waals surface area contributed by atoms with Gasteiger partial charge in [-0.3, -0.25) is 4.79 Å². The summed E-state index contributed by atoms with van der Waals surface area (Å²) in [7, 11) is -3.58. The Labute approximate surface area is 180 Å². The Morgan fingerprint density at radius 1 is 1.10 bits per heavy atom. The number of sulfonamides is 1. The zero-order valence-electron chi connectivity index (χ0n) is 17.1. The highest BCUT2D eigenvalue weighted by molar-refractivity contribution is 7.99. The maximum absolute atomic E-state index is 13.1. The van der Waals surface area contributed by atoms with Crippen molar-refractivity contribution in [3.05, 3.63) is 53.8 Å². The van der Waals surface area contributed by atoms with Crippen molar-refractivity contribution in [2.24, 2.45) is 0 Å². The van der Waals surface area contributed by atoms with Gasteiger partial charge in [0.25, 0.3) is 0 Å². The Balaban J connectivity index is 1.89. The smallest absolute Gasteiger partial charge is 0.243 e. The van der Waals surface area contributed by atoms with Crippen LogP contribution < -0.4 is 0 Å². The second-order valence-electron chi connectivity index (χ2n) is 6.60. The summed E-state index contributed by atoms with van der Waals surface area (Å²) in [5.74, 6) is -0.360.